The highest BCUT2D eigenvalue weighted by atomic mass is 32.2. The Labute approximate surface area is 156 Å². The third kappa shape index (κ3) is 4.84. The second-order valence-electron chi connectivity index (χ2n) is 7.46. The van der Waals surface area contributed by atoms with Crippen molar-refractivity contribution in [3.8, 4) is 0 Å². The summed E-state index contributed by atoms with van der Waals surface area (Å²) in [6.45, 7) is 4.62. The number of likely N-dealkylation sites (tertiary alicyclic amines) is 1. The summed E-state index contributed by atoms with van der Waals surface area (Å²) in [6, 6.07) is 6.79. The van der Waals surface area contributed by atoms with Gasteiger partial charge in [-0.1, -0.05) is 24.1 Å². The summed E-state index contributed by atoms with van der Waals surface area (Å²) in [7, 11) is -3.50. The molecule has 2 aliphatic heterocycles. The van der Waals surface area contributed by atoms with Crippen LogP contribution in [0.15, 0.2) is 29.2 Å². The average molecular weight is 380 g/mol. The van der Waals surface area contributed by atoms with Crippen LogP contribution >= 0.6 is 0 Å². The van der Waals surface area contributed by atoms with Crippen LogP contribution in [0.2, 0.25) is 0 Å². The molecule has 0 spiro atoms. The minimum atomic E-state index is -3.50. The van der Waals surface area contributed by atoms with Crippen LogP contribution in [0.3, 0.4) is 0 Å². The molecule has 2 aliphatic rings. The van der Waals surface area contributed by atoms with Gasteiger partial charge >= 0.3 is 0 Å². The monoisotopic (exact) mass is 379 g/mol. The van der Waals surface area contributed by atoms with Crippen molar-refractivity contribution < 1.29 is 13.2 Å². The minimum absolute atomic E-state index is 0.0632. The van der Waals surface area contributed by atoms with Gasteiger partial charge in [0, 0.05) is 19.6 Å². The highest BCUT2D eigenvalue weighted by molar-refractivity contribution is 7.89. The molecule has 0 bridgehead atoms. The Hall–Kier alpha value is -1.44. The highest BCUT2D eigenvalue weighted by Crippen LogP contribution is 2.19. The molecular weight excluding hydrogens is 350 g/mol. The van der Waals surface area contributed by atoms with Gasteiger partial charge in [-0.05, 0) is 57.2 Å². The first-order chi connectivity index (χ1) is 12.5. The molecule has 144 valence electrons. The van der Waals surface area contributed by atoms with E-state index in [0.29, 0.717) is 18.0 Å². The standard InChI is InChI=1S/C19H29N3O3S/c1-15-7-9-17(10-8-15)26(24,25)21-13-16-5-4-12-22(14-16)19(23)18-6-2-3-11-20-18/h7-10,16,18,20-21H,2-6,11-14H2,1H3. The first kappa shape index (κ1) is 19.3. The molecule has 0 radical (unpaired) electrons. The average Bonchev–Trinajstić information content (AvgIpc) is 2.67. The summed E-state index contributed by atoms with van der Waals surface area (Å²) in [5.41, 5.74) is 1.03. The number of hydrogen-bond acceptors (Lipinski definition) is 4. The molecule has 2 saturated heterocycles. The summed E-state index contributed by atoms with van der Waals surface area (Å²) >= 11 is 0. The molecule has 7 heteroatoms. The van der Waals surface area contributed by atoms with E-state index in [9.17, 15) is 13.2 Å². The Morgan fingerprint density at radius 2 is 1.96 bits per heavy atom. The maximum absolute atomic E-state index is 12.7. The number of benzene rings is 1. The van der Waals surface area contributed by atoms with Gasteiger partial charge in [-0.2, -0.15) is 0 Å². The fraction of sp³-hybridized carbons (Fsp3) is 0.632. The number of carbonyl (C=O) groups excluding carboxylic acids is 1. The van der Waals surface area contributed by atoms with Crippen molar-refractivity contribution in [1.29, 1.82) is 0 Å². The van der Waals surface area contributed by atoms with Gasteiger partial charge < -0.3 is 10.2 Å². The maximum Gasteiger partial charge on any atom is 0.240 e. The Morgan fingerprint density at radius 1 is 1.19 bits per heavy atom. The maximum atomic E-state index is 12.7. The fourth-order valence-corrected chi connectivity index (χ4v) is 4.86. The fourth-order valence-electron chi connectivity index (χ4n) is 3.74. The van der Waals surface area contributed by atoms with Gasteiger partial charge in [0.2, 0.25) is 15.9 Å². The largest absolute Gasteiger partial charge is 0.341 e. The zero-order valence-electron chi connectivity index (χ0n) is 15.4. The van der Waals surface area contributed by atoms with E-state index in [4.69, 9.17) is 0 Å². The molecule has 1 amide bonds. The molecule has 2 atom stereocenters. The number of carbonyl (C=O) groups is 1. The van der Waals surface area contributed by atoms with E-state index in [1.54, 1.807) is 24.3 Å². The van der Waals surface area contributed by atoms with Crippen molar-refractivity contribution in [2.75, 3.05) is 26.2 Å². The predicted molar refractivity (Wildman–Crippen MR) is 101 cm³/mol. The predicted octanol–water partition coefficient (Wildman–Crippen LogP) is 1.65. The van der Waals surface area contributed by atoms with Crippen molar-refractivity contribution >= 4 is 15.9 Å². The van der Waals surface area contributed by atoms with E-state index in [-0.39, 0.29) is 17.9 Å². The number of sulfonamides is 1. The van der Waals surface area contributed by atoms with E-state index in [1.807, 2.05) is 11.8 Å². The molecule has 1 aromatic carbocycles. The molecule has 1 aromatic rings. The summed E-state index contributed by atoms with van der Waals surface area (Å²) in [5.74, 6) is 0.340. The molecule has 2 unspecified atom stereocenters. The number of nitrogens with one attached hydrogen (secondary N) is 2. The van der Waals surface area contributed by atoms with E-state index in [2.05, 4.69) is 10.0 Å². The smallest absolute Gasteiger partial charge is 0.240 e. The van der Waals surface area contributed by atoms with Crippen LogP contribution < -0.4 is 10.0 Å². The minimum Gasteiger partial charge on any atom is -0.341 e. The topological polar surface area (TPSA) is 78.5 Å². The number of piperidine rings is 2. The number of hydrogen-bond donors (Lipinski definition) is 2. The molecule has 0 saturated carbocycles. The number of nitrogens with zero attached hydrogens (tertiary/aromatic N) is 1. The molecule has 26 heavy (non-hydrogen) atoms. The SMILES string of the molecule is Cc1ccc(S(=O)(=O)NCC2CCCN(C(=O)C3CCCCN3)C2)cc1. The summed E-state index contributed by atoms with van der Waals surface area (Å²) < 4.78 is 27.6. The highest BCUT2D eigenvalue weighted by Gasteiger charge is 2.30. The van der Waals surface area contributed by atoms with Crippen molar-refractivity contribution in [3.05, 3.63) is 29.8 Å². The van der Waals surface area contributed by atoms with E-state index in [0.717, 1.165) is 50.8 Å². The lowest BCUT2D eigenvalue weighted by atomic mass is 9.96. The van der Waals surface area contributed by atoms with Crippen LogP contribution in [0.5, 0.6) is 0 Å². The second kappa shape index (κ2) is 8.50. The Kier molecular flexibility index (Phi) is 6.32. The number of amides is 1. The molecule has 2 N–H and O–H groups in total. The van der Waals surface area contributed by atoms with Crippen LogP contribution in [-0.4, -0.2) is 51.4 Å². The summed E-state index contributed by atoms with van der Waals surface area (Å²) in [5, 5.41) is 3.31. The molecular formula is C19H29N3O3S. The van der Waals surface area contributed by atoms with Crippen molar-refractivity contribution in [3.63, 3.8) is 0 Å². The molecule has 3 rings (SSSR count). The van der Waals surface area contributed by atoms with Crippen molar-refractivity contribution in [2.45, 2.75) is 50.0 Å². The molecule has 2 fully saturated rings. The van der Waals surface area contributed by atoms with E-state index < -0.39 is 10.0 Å². The van der Waals surface area contributed by atoms with Crippen molar-refractivity contribution in [2.24, 2.45) is 5.92 Å². The molecule has 0 aromatic heterocycles. The van der Waals surface area contributed by atoms with Gasteiger partial charge in [0.25, 0.3) is 0 Å². The van der Waals surface area contributed by atoms with Crippen molar-refractivity contribution in [1.82, 2.24) is 14.9 Å². The number of rotatable bonds is 5. The normalized spacial score (nSPS) is 24.4. The Morgan fingerprint density at radius 3 is 2.65 bits per heavy atom. The van der Waals surface area contributed by atoms with Crippen LogP contribution in [0.4, 0.5) is 0 Å². The second-order valence-corrected chi connectivity index (χ2v) is 9.23. The first-order valence-corrected chi connectivity index (χ1v) is 11.0. The van der Waals surface area contributed by atoms with Gasteiger partial charge in [0.1, 0.15) is 0 Å². The van der Waals surface area contributed by atoms with Crippen LogP contribution in [0.1, 0.15) is 37.7 Å². The lowest BCUT2D eigenvalue weighted by molar-refractivity contribution is -0.135. The zero-order chi connectivity index (χ0) is 18.6. The third-order valence-corrected chi connectivity index (χ3v) is 6.77. The van der Waals surface area contributed by atoms with E-state index >= 15 is 0 Å². The quantitative estimate of drug-likeness (QED) is 0.815. The lowest BCUT2D eigenvalue weighted by Gasteiger charge is -2.36. The van der Waals surface area contributed by atoms with Gasteiger partial charge in [-0.15, -0.1) is 0 Å². The van der Waals surface area contributed by atoms with Crippen LogP contribution in [0, 0.1) is 12.8 Å². The Balaban J connectivity index is 1.54. The zero-order valence-corrected chi connectivity index (χ0v) is 16.2. The summed E-state index contributed by atoms with van der Waals surface area (Å²) in [4.78, 5) is 14.9. The molecule has 6 nitrogen and oxygen atoms in total. The lowest BCUT2D eigenvalue weighted by Crippen LogP contribution is -2.52. The van der Waals surface area contributed by atoms with Crippen LogP contribution in [0.25, 0.3) is 0 Å². The molecule has 2 heterocycles. The van der Waals surface area contributed by atoms with Gasteiger partial charge in [-0.3, -0.25) is 4.79 Å². The van der Waals surface area contributed by atoms with Crippen LogP contribution in [-0.2, 0) is 14.8 Å². The van der Waals surface area contributed by atoms with Gasteiger partial charge in [0.05, 0.1) is 10.9 Å². The first-order valence-electron chi connectivity index (χ1n) is 9.54. The molecule has 0 aliphatic carbocycles. The third-order valence-electron chi connectivity index (χ3n) is 5.33. The number of aryl methyl sites for hydroxylation is 1. The van der Waals surface area contributed by atoms with E-state index in [1.165, 1.54) is 0 Å². The van der Waals surface area contributed by atoms with Gasteiger partial charge in [-0.25, -0.2) is 13.1 Å². The van der Waals surface area contributed by atoms with Gasteiger partial charge in [0.15, 0.2) is 0 Å². The Bertz CT molecular complexity index is 712. The summed E-state index contributed by atoms with van der Waals surface area (Å²) in [6.07, 6.45) is 5.00.